The first-order valence-electron chi connectivity index (χ1n) is 6.32. The maximum absolute atomic E-state index is 6.14. The number of nitrogens with zero attached hydrogens (tertiary/aromatic N) is 2. The lowest BCUT2D eigenvalue weighted by Crippen LogP contribution is -2.18. The predicted octanol–water partition coefficient (Wildman–Crippen LogP) is 3.94. The molecule has 1 unspecified atom stereocenters. The molecule has 0 aromatic carbocycles. The molecule has 3 nitrogen and oxygen atoms in total. The SMILES string of the molecule is CN(Cc1cc(Br)cs1)c1nc2c(s1)CCCC2N. The Morgan fingerprint density at radius 3 is 3.11 bits per heavy atom. The van der Waals surface area contributed by atoms with Gasteiger partial charge < -0.3 is 10.6 Å². The monoisotopic (exact) mass is 357 g/mol. The number of nitrogens with two attached hydrogens (primary N) is 1. The van der Waals surface area contributed by atoms with Crippen molar-refractivity contribution < 1.29 is 0 Å². The van der Waals surface area contributed by atoms with E-state index in [4.69, 9.17) is 10.7 Å². The highest BCUT2D eigenvalue weighted by Gasteiger charge is 2.23. The van der Waals surface area contributed by atoms with Gasteiger partial charge in [-0.15, -0.1) is 22.7 Å². The molecule has 0 fully saturated rings. The van der Waals surface area contributed by atoms with Crippen molar-refractivity contribution in [3.63, 3.8) is 0 Å². The van der Waals surface area contributed by atoms with Crippen LogP contribution >= 0.6 is 38.6 Å². The summed E-state index contributed by atoms with van der Waals surface area (Å²) in [5.41, 5.74) is 7.27. The van der Waals surface area contributed by atoms with Gasteiger partial charge in [0.05, 0.1) is 12.2 Å². The van der Waals surface area contributed by atoms with Gasteiger partial charge >= 0.3 is 0 Å². The van der Waals surface area contributed by atoms with Crippen LogP contribution in [-0.2, 0) is 13.0 Å². The molecule has 2 aromatic rings. The van der Waals surface area contributed by atoms with Gasteiger partial charge in [0.15, 0.2) is 5.13 Å². The van der Waals surface area contributed by atoms with Crippen molar-refractivity contribution in [3.05, 3.63) is 31.4 Å². The number of hydrogen-bond donors (Lipinski definition) is 1. The molecule has 1 aliphatic rings. The zero-order valence-corrected chi connectivity index (χ0v) is 13.9. The van der Waals surface area contributed by atoms with Crippen molar-refractivity contribution >= 4 is 43.7 Å². The fourth-order valence-corrected chi connectivity index (χ4v) is 4.98. The van der Waals surface area contributed by atoms with E-state index in [1.54, 1.807) is 22.7 Å². The smallest absolute Gasteiger partial charge is 0.185 e. The lowest BCUT2D eigenvalue weighted by molar-refractivity contribution is 0.563. The average Bonchev–Trinajstić information content (AvgIpc) is 2.96. The fraction of sp³-hybridized carbons (Fsp3) is 0.462. The molecule has 0 amide bonds. The van der Waals surface area contributed by atoms with E-state index in [1.807, 2.05) is 0 Å². The van der Waals surface area contributed by atoms with Crippen LogP contribution < -0.4 is 10.6 Å². The van der Waals surface area contributed by atoms with Gasteiger partial charge in [0.2, 0.25) is 0 Å². The molecule has 0 saturated carbocycles. The molecular formula is C13H16BrN3S2. The Labute approximate surface area is 129 Å². The molecule has 0 aliphatic heterocycles. The van der Waals surface area contributed by atoms with Crippen LogP contribution in [0.15, 0.2) is 15.9 Å². The maximum Gasteiger partial charge on any atom is 0.185 e. The van der Waals surface area contributed by atoms with Crippen molar-refractivity contribution in [2.75, 3.05) is 11.9 Å². The van der Waals surface area contributed by atoms with E-state index in [0.717, 1.165) is 34.7 Å². The van der Waals surface area contributed by atoms with Crippen LogP contribution in [0.1, 0.15) is 34.3 Å². The van der Waals surface area contributed by atoms with E-state index in [0.29, 0.717) is 0 Å². The second-order valence-electron chi connectivity index (χ2n) is 4.89. The molecule has 1 aliphatic carbocycles. The van der Waals surface area contributed by atoms with Gasteiger partial charge in [0.1, 0.15) is 0 Å². The summed E-state index contributed by atoms with van der Waals surface area (Å²) in [4.78, 5) is 9.69. The molecule has 0 bridgehead atoms. The first-order valence-corrected chi connectivity index (χ1v) is 8.81. The van der Waals surface area contributed by atoms with Gasteiger partial charge in [-0.05, 0) is 41.3 Å². The highest BCUT2D eigenvalue weighted by molar-refractivity contribution is 9.10. The van der Waals surface area contributed by atoms with E-state index in [9.17, 15) is 0 Å². The van der Waals surface area contributed by atoms with E-state index in [-0.39, 0.29) is 6.04 Å². The lowest BCUT2D eigenvalue weighted by atomic mass is 9.99. The summed E-state index contributed by atoms with van der Waals surface area (Å²) in [5, 5.41) is 3.21. The first-order chi connectivity index (χ1) is 9.13. The highest BCUT2D eigenvalue weighted by atomic mass is 79.9. The van der Waals surface area contributed by atoms with Crippen LogP contribution in [-0.4, -0.2) is 12.0 Å². The molecule has 6 heteroatoms. The normalized spacial score (nSPS) is 18.4. The zero-order chi connectivity index (χ0) is 13.4. The molecular weight excluding hydrogens is 342 g/mol. The highest BCUT2D eigenvalue weighted by Crippen LogP contribution is 2.36. The summed E-state index contributed by atoms with van der Waals surface area (Å²) in [6.07, 6.45) is 3.40. The lowest BCUT2D eigenvalue weighted by Gasteiger charge is -2.16. The molecule has 19 heavy (non-hydrogen) atoms. The fourth-order valence-electron chi connectivity index (χ4n) is 2.34. The summed E-state index contributed by atoms with van der Waals surface area (Å²) in [7, 11) is 2.10. The Hall–Kier alpha value is -0.430. The van der Waals surface area contributed by atoms with E-state index >= 15 is 0 Å². The Morgan fingerprint density at radius 2 is 2.42 bits per heavy atom. The number of hydrogen-bond acceptors (Lipinski definition) is 5. The van der Waals surface area contributed by atoms with Gasteiger partial charge in [-0.3, -0.25) is 0 Å². The van der Waals surface area contributed by atoms with Gasteiger partial charge in [-0.25, -0.2) is 4.98 Å². The number of thiophene rings is 1. The van der Waals surface area contributed by atoms with Crippen LogP contribution in [0.5, 0.6) is 0 Å². The molecule has 2 N–H and O–H groups in total. The van der Waals surface area contributed by atoms with Crippen LogP contribution in [0.4, 0.5) is 5.13 Å². The second kappa shape index (κ2) is 5.52. The number of anilines is 1. The van der Waals surface area contributed by atoms with Crippen molar-refractivity contribution in [3.8, 4) is 0 Å². The van der Waals surface area contributed by atoms with Crippen molar-refractivity contribution in [2.45, 2.75) is 31.8 Å². The summed E-state index contributed by atoms with van der Waals surface area (Å²) in [6.45, 7) is 0.901. The summed E-state index contributed by atoms with van der Waals surface area (Å²) < 4.78 is 1.15. The van der Waals surface area contributed by atoms with Crippen LogP contribution in [0.25, 0.3) is 0 Å². The Balaban J connectivity index is 1.78. The molecule has 2 aromatic heterocycles. The van der Waals surface area contributed by atoms with Crippen molar-refractivity contribution in [1.29, 1.82) is 0 Å². The van der Waals surface area contributed by atoms with Gasteiger partial charge in [0.25, 0.3) is 0 Å². The van der Waals surface area contributed by atoms with E-state index in [1.165, 1.54) is 16.2 Å². The predicted molar refractivity (Wildman–Crippen MR) is 86.1 cm³/mol. The van der Waals surface area contributed by atoms with Gasteiger partial charge in [-0.1, -0.05) is 0 Å². The number of fused-ring (bicyclic) bond motifs is 1. The maximum atomic E-state index is 6.14. The minimum Gasteiger partial charge on any atom is -0.346 e. The summed E-state index contributed by atoms with van der Waals surface area (Å²) >= 11 is 7.07. The molecule has 3 rings (SSSR count). The number of aryl methyl sites for hydroxylation is 1. The Bertz CT molecular complexity index is 578. The Morgan fingerprint density at radius 1 is 1.58 bits per heavy atom. The molecule has 1 atom stereocenters. The third kappa shape index (κ3) is 2.86. The number of aromatic nitrogens is 1. The van der Waals surface area contributed by atoms with Crippen LogP contribution in [0.2, 0.25) is 0 Å². The second-order valence-corrected chi connectivity index (χ2v) is 7.86. The molecule has 0 radical (unpaired) electrons. The molecule has 0 spiro atoms. The zero-order valence-electron chi connectivity index (χ0n) is 10.7. The number of thiazole rings is 1. The minimum absolute atomic E-state index is 0.137. The topological polar surface area (TPSA) is 42.2 Å². The standard InChI is InChI=1S/C13H16BrN3S2/c1-17(6-9-5-8(14)7-18-9)13-16-12-10(15)3-2-4-11(12)19-13/h5,7,10H,2-4,6,15H2,1H3. The minimum atomic E-state index is 0.137. The first kappa shape index (κ1) is 13.5. The summed E-state index contributed by atoms with van der Waals surface area (Å²) in [6, 6.07) is 2.30. The van der Waals surface area contributed by atoms with Crippen molar-refractivity contribution in [1.82, 2.24) is 4.98 Å². The molecule has 102 valence electrons. The van der Waals surface area contributed by atoms with Gasteiger partial charge in [0, 0.05) is 32.7 Å². The molecule has 2 heterocycles. The number of halogens is 1. The Kier molecular flexibility index (Phi) is 3.93. The van der Waals surface area contributed by atoms with Crippen molar-refractivity contribution in [2.24, 2.45) is 5.73 Å². The molecule has 0 saturated heterocycles. The van der Waals surface area contributed by atoms with E-state index < -0.39 is 0 Å². The van der Waals surface area contributed by atoms with Crippen LogP contribution in [0.3, 0.4) is 0 Å². The summed E-state index contributed by atoms with van der Waals surface area (Å²) in [5.74, 6) is 0. The quantitative estimate of drug-likeness (QED) is 0.904. The largest absolute Gasteiger partial charge is 0.346 e. The van der Waals surface area contributed by atoms with Gasteiger partial charge in [-0.2, -0.15) is 0 Å². The number of rotatable bonds is 3. The third-order valence-corrected chi connectivity index (χ3v) is 6.26. The van der Waals surface area contributed by atoms with Crippen LogP contribution in [0, 0.1) is 0 Å². The third-order valence-electron chi connectivity index (χ3n) is 3.33. The average molecular weight is 358 g/mol. The van der Waals surface area contributed by atoms with E-state index in [2.05, 4.69) is 39.3 Å².